The summed E-state index contributed by atoms with van der Waals surface area (Å²) >= 11 is 0. The van der Waals surface area contributed by atoms with E-state index in [1.54, 1.807) is 0 Å². The van der Waals surface area contributed by atoms with Crippen molar-refractivity contribution in [3.05, 3.63) is 59.2 Å². The second kappa shape index (κ2) is 9.02. The number of carbonyl (C=O) groups excluding carboxylic acids is 2. The fraction of sp³-hybridized carbons (Fsp3) is 0.391. The molecule has 2 amide bonds. The minimum absolute atomic E-state index is 0.0184. The summed E-state index contributed by atoms with van der Waals surface area (Å²) in [6.45, 7) is 6.87. The normalized spacial score (nSPS) is 13.4. The molecule has 1 aliphatic carbocycles. The van der Waals surface area contributed by atoms with E-state index in [1.807, 2.05) is 63.2 Å². The molecule has 148 valence electrons. The zero-order valence-corrected chi connectivity index (χ0v) is 16.9. The lowest BCUT2D eigenvalue weighted by atomic mass is 10.1. The number of para-hydroxylation sites is 2. The Bertz CT molecular complexity index is 838. The van der Waals surface area contributed by atoms with Crippen molar-refractivity contribution >= 4 is 23.2 Å². The van der Waals surface area contributed by atoms with E-state index in [4.69, 9.17) is 0 Å². The van der Waals surface area contributed by atoms with Gasteiger partial charge in [-0.25, -0.2) is 0 Å². The third kappa shape index (κ3) is 5.42. The summed E-state index contributed by atoms with van der Waals surface area (Å²) in [5.74, 6) is -0.0429. The van der Waals surface area contributed by atoms with Gasteiger partial charge >= 0.3 is 0 Å². The van der Waals surface area contributed by atoms with E-state index in [2.05, 4.69) is 15.5 Å². The number of benzene rings is 2. The lowest BCUT2D eigenvalue weighted by Crippen LogP contribution is -2.37. The summed E-state index contributed by atoms with van der Waals surface area (Å²) in [5.41, 5.74) is 4.90. The molecular weight excluding hydrogens is 350 g/mol. The lowest BCUT2D eigenvalue weighted by Gasteiger charge is -2.22. The van der Waals surface area contributed by atoms with Gasteiger partial charge in [0.25, 0.3) is 0 Å². The van der Waals surface area contributed by atoms with E-state index in [0.29, 0.717) is 25.6 Å². The van der Waals surface area contributed by atoms with Crippen LogP contribution in [0.1, 0.15) is 36.0 Å². The quantitative estimate of drug-likeness (QED) is 0.728. The molecule has 1 fully saturated rings. The van der Waals surface area contributed by atoms with Crippen LogP contribution in [-0.2, 0) is 9.59 Å². The van der Waals surface area contributed by atoms with Gasteiger partial charge in [0.1, 0.15) is 0 Å². The van der Waals surface area contributed by atoms with Crippen LogP contribution in [-0.4, -0.2) is 35.8 Å². The molecule has 0 atom stereocenters. The number of aryl methyl sites for hydroxylation is 3. The molecule has 0 unspecified atom stereocenters. The van der Waals surface area contributed by atoms with Gasteiger partial charge in [-0.2, -0.15) is 0 Å². The zero-order valence-electron chi connectivity index (χ0n) is 16.9. The van der Waals surface area contributed by atoms with Crippen LogP contribution in [0.3, 0.4) is 0 Å². The third-order valence-electron chi connectivity index (χ3n) is 5.20. The van der Waals surface area contributed by atoms with Gasteiger partial charge in [0, 0.05) is 30.4 Å². The molecule has 2 N–H and O–H groups in total. The lowest BCUT2D eigenvalue weighted by molar-refractivity contribution is -0.119. The van der Waals surface area contributed by atoms with Gasteiger partial charge in [-0.15, -0.1) is 0 Å². The Balaban J connectivity index is 1.53. The molecular formula is C23H29N3O2. The number of nitrogens with zero attached hydrogens (tertiary/aromatic N) is 1. The Hall–Kier alpha value is -2.66. The second-order valence-electron chi connectivity index (χ2n) is 7.63. The van der Waals surface area contributed by atoms with Gasteiger partial charge in [-0.05, 0) is 56.4 Å². The molecule has 2 aromatic rings. The third-order valence-corrected chi connectivity index (χ3v) is 5.20. The Morgan fingerprint density at radius 3 is 2.18 bits per heavy atom. The second-order valence-corrected chi connectivity index (χ2v) is 7.63. The Labute approximate surface area is 167 Å². The van der Waals surface area contributed by atoms with Gasteiger partial charge in [-0.1, -0.05) is 36.4 Å². The van der Waals surface area contributed by atoms with Crippen molar-refractivity contribution < 1.29 is 9.59 Å². The highest BCUT2D eigenvalue weighted by atomic mass is 16.2. The topological polar surface area (TPSA) is 61.4 Å². The molecule has 0 radical (unpaired) electrons. The van der Waals surface area contributed by atoms with Crippen molar-refractivity contribution in [2.24, 2.45) is 0 Å². The predicted molar refractivity (Wildman–Crippen MR) is 114 cm³/mol. The highest BCUT2D eigenvalue weighted by Gasteiger charge is 2.30. The van der Waals surface area contributed by atoms with Crippen LogP contribution in [0, 0.1) is 20.8 Å². The number of hydrogen-bond acceptors (Lipinski definition) is 3. The molecule has 2 aromatic carbocycles. The molecule has 0 heterocycles. The summed E-state index contributed by atoms with van der Waals surface area (Å²) in [7, 11) is 0. The van der Waals surface area contributed by atoms with E-state index in [9.17, 15) is 9.59 Å². The minimum atomic E-state index is -0.0244. The first-order valence-electron chi connectivity index (χ1n) is 9.89. The van der Waals surface area contributed by atoms with E-state index < -0.39 is 0 Å². The van der Waals surface area contributed by atoms with Gasteiger partial charge < -0.3 is 10.6 Å². The average molecular weight is 380 g/mol. The van der Waals surface area contributed by atoms with Crippen LogP contribution >= 0.6 is 0 Å². The van der Waals surface area contributed by atoms with E-state index in [-0.39, 0.29) is 11.8 Å². The standard InChI is InChI=1S/C23H29N3O2/c1-16-7-4-5-10-20(16)24-21(27)13-14-26(19-11-12-19)15-22(28)25-23-17(2)8-6-9-18(23)3/h4-10,19H,11-15H2,1-3H3,(H,24,27)(H,25,28). The van der Waals surface area contributed by atoms with Crippen molar-refractivity contribution in [3.63, 3.8) is 0 Å². The number of carbonyl (C=O) groups is 2. The first-order chi connectivity index (χ1) is 13.4. The highest BCUT2D eigenvalue weighted by molar-refractivity contribution is 5.94. The molecule has 1 aliphatic rings. The first kappa shape index (κ1) is 20.1. The first-order valence-corrected chi connectivity index (χ1v) is 9.89. The summed E-state index contributed by atoms with van der Waals surface area (Å²) in [6, 6.07) is 14.1. The van der Waals surface area contributed by atoms with Crippen LogP contribution in [0.5, 0.6) is 0 Å². The molecule has 5 nitrogen and oxygen atoms in total. The summed E-state index contributed by atoms with van der Waals surface area (Å²) in [6.07, 6.45) is 2.56. The van der Waals surface area contributed by atoms with Crippen molar-refractivity contribution in [1.82, 2.24) is 4.90 Å². The maximum Gasteiger partial charge on any atom is 0.238 e. The number of rotatable bonds is 8. The molecule has 28 heavy (non-hydrogen) atoms. The van der Waals surface area contributed by atoms with Gasteiger partial charge in [0.15, 0.2) is 0 Å². The average Bonchev–Trinajstić information content (AvgIpc) is 3.49. The van der Waals surface area contributed by atoms with E-state index in [1.165, 1.54) is 0 Å². The van der Waals surface area contributed by atoms with Crippen molar-refractivity contribution in [2.75, 3.05) is 23.7 Å². The van der Waals surface area contributed by atoms with Gasteiger partial charge in [-0.3, -0.25) is 14.5 Å². The Kier molecular flexibility index (Phi) is 6.47. The molecule has 5 heteroatoms. The van der Waals surface area contributed by atoms with Crippen LogP contribution < -0.4 is 10.6 Å². The van der Waals surface area contributed by atoms with E-state index >= 15 is 0 Å². The maximum absolute atomic E-state index is 12.6. The van der Waals surface area contributed by atoms with Crippen LogP contribution in [0.4, 0.5) is 11.4 Å². The number of nitrogens with one attached hydrogen (secondary N) is 2. The molecule has 3 rings (SSSR count). The fourth-order valence-corrected chi connectivity index (χ4v) is 3.38. The molecule has 0 spiro atoms. The molecule has 0 saturated heterocycles. The number of amides is 2. The predicted octanol–water partition coefficient (Wildman–Crippen LogP) is 4.04. The van der Waals surface area contributed by atoms with Crippen LogP contribution in [0.2, 0.25) is 0 Å². The Morgan fingerprint density at radius 2 is 1.54 bits per heavy atom. The largest absolute Gasteiger partial charge is 0.326 e. The number of anilines is 2. The summed E-state index contributed by atoms with van der Waals surface area (Å²) < 4.78 is 0. The molecule has 1 saturated carbocycles. The smallest absolute Gasteiger partial charge is 0.238 e. The van der Waals surface area contributed by atoms with E-state index in [0.717, 1.165) is 40.9 Å². The van der Waals surface area contributed by atoms with Gasteiger partial charge in [0.05, 0.1) is 6.54 Å². The fourth-order valence-electron chi connectivity index (χ4n) is 3.38. The van der Waals surface area contributed by atoms with Crippen molar-refractivity contribution in [3.8, 4) is 0 Å². The van der Waals surface area contributed by atoms with Crippen LogP contribution in [0.25, 0.3) is 0 Å². The SMILES string of the molecule is Cc1ccccc1NC(=O)CCN(CC(=O)Nc1c(C)cccc1C)C1CC1. The minimum Gasteiger partial charge on any atom is -0.326 e. The molecule has 0 bridgehead atoms. The van der Waals surface area contributed by atoms with Crippen LogP contribution in [0.15, 0.2) is 42.5 Å². The summed E-state index contributed by atoms with van der Waals surface area (Å²) in [4.78, 5) is 27.1. The monoisotopic (exact) mass is 379 g/mol. The highest BCUT2D eigenvalue weighted by Crippen LogP contribution is 2.27. The van der Waals surface area contributed by atoms with Gasteiger partial charge in [0.2, 0.25) is 11.8 Å². The number of hydrogen-bond donors (Lipinski definition) is 2. The summed E-state index contributed by atoms with van der Waals surface area (Å²) in [5, 5.41) is 6.01. The van der Waals surface area contributed by atoms with Crippen molar-refractivity contribution in [2.45, 2.75) is 46.1 Å². The van der Waals surface area contributed by atoms with Crippen molar-refractivity contribution in [1.29, 1.82) is 0 Å². The molecule has 0 aromatic heterocycles. The zero-order chi connectivity index (χ0) is 20.1. The maximum atomic E-state index is 12.6. The molecule has 0 aliphatic heterocycles. The Morgan fingerprint density at radius 1 is 0.893 bits per heavy atom.